The molecule has 0 heterocycles. The molecule has 0 aromatic heterocycles. The molecule has 1 unspecified atom stereocenters. The number of nitrogens with one attached hydrogen (secondary N) is 1. The minimum atomic E-state index is -0.195. The van der Waals surface area contributed by atoms with Crippen LogP contribution < -0.4 is 5.32 Å². The van der Waals surface area contributed by atoms with Gasteiger partial charge in [0.05, 0.1) is 11.6 Å². The quantitative estimate of drug-likeness (QED) is 0.746. The first-order valence-corrected chi connectivity index (χ1v) is 8.23. The average molecular weight is 320 g/mol. The van der Waals surface area contributed by atoms with Gasteiger partial charge in [-0.15, -0.1) is 11.8 Å². The van der Waals surface area contributed by atoms with Gasteiger partial charge in [-0.25, -0.2) is 0 Å². The van der Waals surface area contributed by atoms with Crippen LogP contribution in [0.2, 0.25) is 10.0 Å². The zero-order valence-electron chi connectivity index (χ0n) is 11.0. The van der Waals surface area contributed by atoms with Crippen molar-refractivity contribution in [2.24, 2.45) is 0 Å². The summed E-state index contributed by atoms with van der Waals surface area (Å²) in [4.78, 5) is 1.00. The van der Waals surface area contributed by atoms with Gasteiger partial charge in [-0.3, -0.25) is 0 Å². The van der Waals surface area contributed by atoms with E-state index in [4.69, 9.17) is 23.2 Å². The molecule has 19 heavy (non-hydrogen) atoms. The molecule has 1 saturated carbocycles. The van der Waals surface area contributed by atoms with E-state index in [9.17, 15) is 5.11 Å². The lowest BCUT2D eigenvalue weighted by molar-refractivity contribution is 0.169. The van der Waals surface area contributed by atoms with Gasteiger partial charge < -0.3 is 10.4 Å². The second kappa shape index (κ2) is 6.68. The Balaban J connectivity index is 1.85. The standard InChI is InChI=1S/C14H19Cl2NOS/c1-14(9-18,17-11-3-4-11)6-7-19-13-8-10(15)2-5-12(13)16/h2,5,8,11,17-18H,3-4,6-7,9H2,1H3. The number of halogens is 2. The molecule has 0 radical (unpaired) electrons. The highest BCUT2D eigenvalue weighted by Crippen LogP contribution is 2.32. The van der Waals surface area contributed by atoms with Crippen molar-refractivity contribution < 1.29 is 5.11 Å². The minimum Gasteiger partial charge on any atom is -0.394 e. The molecule has 106 valence electrons. The van der Waals surface area contributed by atoms with Crippen molar-refractivity contribution in [3.8, 4) is 0 Å². The van der Waals surface area contributed by atoms with E-state index in [2.05, 4.69) is 12.2 Å². The van der Waals surface area contributed by atoms with Crippen LogP contribution in [0, 0.1) is 0 Å². The van der Waals surface area contributed by atoms with Gasteiger partial charge in [0, 0.05) is 21.5 Å². The first-order chi connectivity index (χ1) is 9.02. The van der Waals surface area contributed by atoms with Crippen LogP contribution in [0.4, 0.5) is 0 Å². The maximum absolute atomic E-state index is 9.54. The van der Waals surface area contributed by atoms with Crippen LogP contribution >= 0.6 is 35.0 Å². The van der Waals surface area contributed by atoms with Crippen LogP contribution in [-0.4, -0.2) is 29.0 Å². The topological polar surface area (TPSA) is 32.3 Å². The highest BCUT2D eigenvalue weighted by atomic mass is 35.5. The van der Waals surface area contributed by atoms with Gasteiger partial charge >= 0.3 is 0 Å². The van der Waals surface area contributed by atoms with E-state index in [0.717, 1.165) is 22.1 Å². The van der Waals surface area contributed by atoms with Crippen molar-refractivity contribution in [1.29, 1.82) is 0 Å². The summed E-state index contributed by atoms with van der Waals surface area (Å²) < 4.78 is 0. The van der Waals surface area contributed by atoms with Crippen LogP contribution in [-0.2, 0) is 0 Å². The van der Waals surface area contributed by atoms with Crippen LogP contribution in [0.5, 0.6) is 0 Å². The van der Waals surface area contributed by atoms with Gasteiger partial charge in [0.1, 0.15) is 0 Å². The molecule has 2 N–H and O–H groups in total. The van der Waals surface area contributed by atoms with Crippen LogP contribution in [0.15, 0.2) is 23.1 Å². The number of benzene rings is 1. The molecule has 0 saturated heterocycles. The van der Waals surface area contributed by atoms with Crippen molar-refractivity contribution in [2.75, 3.05) is 12.4 Å². The largest absolute Gasteiger partial charge is 0.394 e. The molecule has 2 nitrogen and oxygen atoms in total. The molecule has 1 fully saturated rings. The van der Waals surface area contributed by atoms with Gasteiger partial charge in [0.25, 0.3) is 0 Å². The SMILES string of the molecule is CC(CO)(CCSc1cc(Cl)ccc1Cl)NC1CC1. The zero-order valence-corrected chi connectivity index (χ0v) is 13.3. The smallest absolute Gasteiger partial charge is 0.0610 e. The Kier molecular flexibility index (Phi) is 5.44. The maximum Gasteiger partial charge on any atom is 0.0610 e. The Bertz CT molecular complexity index is 439. The highest BCUT2D eigenvalue weighted by molar-refractivity contribution is 7.99. The monoisotopic (exact) mass is 319 g/mol. The lowest BCUT2D eigenvalue weighted by Gasteiger charge is -2.29. The predicted octanol–water partition coefficient (Wildman–Crippen LogP) is 3.98. The number of hydrogen-bond donors (Lipinski definition) is 2. The van der Waals surface area contributed by atoms with Crippen LogP contribution in [0.1, 0.15) is 26.2 Å². The van der Waals surface area contributed by atoms with Gasteiger partial charge in [0.15, 0.2) is 0 Å². The summed E-state index contributed by atoms with van der Waals surface area (Å²) in [6.45, 7) is 2.23. The minimum absolute atomic E-state index is 0.160. The lowest BCUT2D eigenvalue weighted by Crippen LogP contribution is -2.47. The second-order valence-corrected chi connectivity index (χ2v) is 7.29. The van der Waals surface area contributed by atoms with E-state index in [1.165, 1.54) is 12.8 Å². The molecule has 1 aromatic carbocycles. The highest BCUT2D eigenvalue weighted by Gasteiger charge is 2.31. The van der Waals surface area contributed by atoms with Crippen molar-refractivity contribution in [2.45, 2.75) is 42.7 Å². The summed E-state index contributed by atoms with van der Waals surface area (Å²) in [6.07, 6.45) is 3.35. The van der Waals surface area contributed by atoms with Crippen LogP contribution in [0.3, 0.4) is 0 Å². The van der Waals surface area contributed by atoms with E-state index in [0.29, 0.717) is 11.1 Å². The average Bonchev–Trinajstić information content (AvgIpc) is 3.17. The van der Waals surface area contributed by atoms with Gasteiger partial charge in [0.2, 0.25) is 0 Å². The summed E-state index contributed by atoms with van der Waals surface area (Å²) in [5.74, 6) is 0.900. The Labute approximate surface area is 128 Å². The zero-order chi connectivity index (χ0) is 13.9. The third kappa shape index (κ3) is 4.83. The fourth-order valence-electron chi connectivity index (χ4n) is 1.89. The van der Waals surface area contributed by atoms with Gasteiger partial charge in [-0.05, 0) is 50.1 Å². The predicted molar refractivity (Wildman–Crippen MR) is 83.5 cm³/mol. The normalized spacial score (nSPS) is 18.3. The number of aliphatic hydroxyl groups is 1. The fraction of sp³-hybridized carbons (Fsp3) is 0.571. The van der Waals surface area contributed by atoms with Crippen LogP contribution in [0.25, 0.3) is 0 Å². The number of rotatable bonds is 7. The van der Waals surface area contributed by atoms with Crippen molar-refractivity contribution in [3.05, 3.63) is 28.2 Å². The Hall–Kier alpha value is 0.0700. The van der Waals surface area contributed by atoms with Gasteiger partial charge in [-0.1, -0.05) is 23.2 Å². The third-order valence-electron chi connectivity index (χ3n) is 3.28. The molecule has 0 bridgehead atoms. The molecule has 1 atom stereocenters. The number of aliphatic hydroxyl groups excluding tert-OH is 1. The summed E-state index contributed by atoms with van der Waals surface area (Å²) in [5.41, 5.74) is -0.195. The summed E-state index contributed by atoms with van der Waals surface area (Å²) >= 11 is 13.8. The first kappa shape index (κ1) is 15.5. The molecule has 0 spiro atoms. The van der Waals surface area contributed by atoms with E-state index in [1.54, 1.807) is 17.8 Å². The van der Waals surface area contributed by atoms with Gasteiger partial charge in [-0.2, -0.15) is 0 Å². The molecule has 0 aliphatic heterocycles. The fourth-order valence-corrected chi connectivity index (χ4v) is 3.60. The Morgan fingerprint density at radius 3 is 2.79 bits per heavy atom. The Morgan fingerprint density at radius 1 is 1.42 bits per heavy atom. The molecular weight excluding hydrogens is 301 g/mol. The molecule has 2 rings (SSSR count). The van der Waals surface area contributed by atoms with Crippen molar-refractivity contribution >= 4 is 35.0 Å². The molecule has 1 aliphatic rings. The summed E-state index contributed by atoms with van der Waals surface area (Å²) in [5, 5.41) is 14.5. The maximum atomic E-state index is 9.54. The van der Waals surface area contributed by atoms with E-state index in [-0.39, 0.29) is 12.1 Å². The van der Waals surface area contributed by atoms with Crippen molar-refractivity contribution in [3.63, 3.8) is 0 Å². The van der Waals surface area contributed by atoms with E-state index < -0.39 is 0 Å². The summed E-state index contributed by atoms with van der Waals surface area (Å²) in [6, 6.07) is 6.09. The third-order valence-corrected chi connectivity index (χ3v) is 5.02. The molecule has 0 amide bonds. The molecule has 5 heteroatoms. The Morgan fingerprint density at radius 2 is 2.16 bits per heavy atom. The molecule has 1 aliphatic carbocycles. The lowest BCUT2D eigenvalue weighted by atomic mass is 10.0. The summed E-state index contributed by atoms with van der Waals surface area (Å²) in [7, 11) is 0. The number of hydrogen-bond acceptors (Lipinski definition) is 3. The first-order valence-electron chi connectivity index (χ1n) is 6.49. The van der Waals surface area contributed by atoms with Crippen molar-refractivity contribution in [1.82, 2.24) is 5.32 Å². The number of thioether (sulfide) groups is 1. The molecule has 1 aromatic rings. The van der Waals surface area contributed by atoms with E-state index in [1.807, 2.05) is 12.1 Å². The molecular formula is C14H19Cl2NOS. The second-order valence-electron chi connectivity index (χ2n) is 5.31. The van der Waals surface area contributed by atoms with E-state index >= 15 is 0 Å².